The number of para-hydroxylation sites is 2. The van der Waals surface area contributed by atoms with E-state index in [1.807, 2.05) is 24.3 Å². The minimum absolute atomic E-state index is 0.113. The van der Waals surface area contributed by atoms with Crippen molar-refractivity contribution in [3.05, 3.63) is 68.1 Å². The van der Waals surface area contributed by atoms with E-state index in [2.05, 4.69) is 15.3 Å². The fourth-order valence-electron chi connectivity index (χ4n) is 4.42. The van der Waals surface area contributed by atoms with Crippen LogP contribution in [0.4, 0.5) is 11.7 Å². The maximum absolute atomic E-state index is 12.7. The zero-order valence-electron chi connectivity index (χ0n) is 21.3. The van der Waals surface area contributed by atoms with E-state index in [0.29, 0.717) is 51.8 Å². The van der Waals surface area contributed by atoms with Gasteiger partial charge in [0.15, 0.2) is 17.5 Å². The van der Waals surface area contributed by atoms with Gasteiger partial charge in [-0.1, -0.05) is 35.3 Å². The van der Waals surface area contributed by atoms with Gasteiger partial charge in [-0.05, 0) is 50.5 Å². The Morgan fingerprint density at radius 2 is 2.08 bits per heavy atom. The predicted octanol–water partition coefficient (Wildman–Crippen LogP) is 6.84. The van der Waals surface area contributed by atoms with Gasteiger partial charge in [-0.2, -0.15) is 10.0 Å². The Balaban J connectivity index is 1.32. The summed E-state index contributed by atoms with van der Waals surface area (Å²) in [7, 11) is 1.38. The molecule has 5 rings (SSSR count). The number of anilines is 2. The summed E-state index contributed by atoms with van der Waals surface area (Å²) in [5, 5.41) is 6.37. The summed E-state index contributed by atoms with van der Waals surface area (Å²) in [5.74, 6) is -0.470. The van der Waals surface area contributed by atoms with Crippen LogP contribution in [-0.4, -0.2) is 40.4 Å². The number of thiazole rings is 1. The molecule has 39 heavy (non-hydrogen) atoms. The first-order valence-electron chi connectivity index (χ1n) is 12.4. The number of aromatic nitrogens is 2. The molecule has 204 valence electrons. The number of Topliss-reactive ketones (excluding diaryl/α,β-unsaturated/α-hetero) is 1. The van der Waals surface area contributed by atoms with Crippen LogP contribution in [0.15, 0.2) is 47.0 Å². The first kappa shape index (κ1) is 27.5. The molecule has 0 saturated carbocycles. The van der Waals surface area contributed by atoms with Crippen molar-refractivity contribution < 1.29 is 23.6 Å². The molecule has 0 spiro atoms. The monoisotopic (exact) mass is 588 g/mol. The van der Waals surface area contributed by atoms with Crippen LogP contribution in [0.5, 0.6) is 0 Å². The third-order valence-electron chi connectivity index (χ3n) is 6.38. The van der Waals surface area contributed by atoms with E-state index in [9.17, 15) is 9.59 Å². The molecule has 1 aliphatic rings. The molecule has 12 heteroatoms. The Labute approximate surface area is 239 Å². The number of oxazole rings is 1. The second-order valence-electron chi connectivity index (χ2n) is 9.10. The topological polar surface area (TPSA) is 107 Å². The van der Waals surface area contributed by atoms with Crippen LogP contribution >= 0.6 is 34.5 Å². The van der Waals surface area contributed by atoms with Crippen LogP contribution in [0.3, 0.4) is 0 Å². The van der Waals surface area contributed by atoms with Gasteiger partial charge >= 0.3 is 5.97 Å². The van der Waals surface area contributed by atoms with Gasteiger partial charge in [0.25, 0.3) is 6.01 Å². The Morgan fingerprint density at radius 1 is 1.26 bits per heavy atom. The highest BCUT2D eigenvalue weighted by Crippen LogP contribution is 2.40. The van der Waals surface area contributed by atoms with Gasteiger partial charge in [0, 0.05) is 28.2 Å². The third-order valence-corrected chi connectivity index (χ3v) is 8.18. The summed E-state index contributed by atoms with van der Waals surface area (Å²) in [5.41, 5.74) is 2.29. The number of hydroxylamine groups is 2. The van der Waals surface area contributed by atoms with E-state index in [0.717, 1.165) is 22.7 Å². The first-order chi connectivity index (χ1) is 18.8. The Kier molecular flexibility index (Phi) is 8.49. The molecule has 1 N–H and O–H groups in total. The molecule has 2 atom stereocenters. The zero-order valence-corrected chi connectivity index (χ0v) is 23.6. The van der Waals surface area contributed by atoms with E-state index in [1.54, 1.807) is 23.4 Å². The summed E-state index contributed by atoms with van der Waals surface area (Å²) >= 11 is 14.8. The number of carbonyl (C=O) groups excluding carboxylic acids is 2. The molecular weight excluding hydrogens is 563 g/mol. The van der Waals surface area contributed by atoms with Gasteiger partial charge in [-0.25, -0.2) is 4.98 Å². The minimum Gasteiger partial charge on any atom is -0.469 e. The van der Waals surface area contributed by atoms with Crippen molar-refractivity contribution in [3.8, 4) is 0 Å². The molecule has 3 heterocycles. The maximum atomic E-state index is 12.7. The van der Waals surface area contributed by atoms with Gasteiger partial charge in [-0.15, -0.1) is 11.3 Å². The van der Waals surface area contributed by atoms with Crippen LogP contribution in [0, 0.1) is 0 Å². The number of aryl methyl sites for hydroxylation is 1. The van der Waals surface area contributed by atoms with Crippen molar-refractivity contribution >= 4 is 69.1 Å². The molecule has 1 fully saturated rings. The lowest BCUT2D eigenvalue weighted by Gasteiger charge is -2.27. The van der Waals surface area contributed by atoms with Crippen molar-refractivity contribution in [2.45, 2.75) is 44.8 Å². The number of benzene rings is 2. The molecule has 0 aliphatic carbocycles. The minimum atomic E-state index is -0.951. The van der Waals surface area contributed by atoms with E-state index in [1.165, 1.54) is 25.4 Å². The highest BCUT2D eigenvalue weighted by atomic mass is 35.5. The number of halogens is 2. The molecule has 0 radical (unpaired) electrons. The Hall–Kier alpha value is -3.02. The summed E-state index contributed by atoms with van der Waals surface area (Å²) in [6, 6.07) is 10.8. The van der Waals surface area contributed by atoms with Crippen LogP contribution in [-0.2, 0) is 25.6 Å². The normalized spacial score (nSPS) is 16.5. The molecular formula is C27H26Cl2N4O5S. The molecule has 1 saturated heterocycles. The number of nitrogens with zero attached hydrogens (tertiary/aromatic N) is 3. The molecule has 2 aromatic carbocycles. The standard InChI is InChI=1S/C27H26Cl2N4O5S/c1-15(34)25(38-33-11-5-7-22(33)26-30-14-16(39-26)9-10-24(35)36-2)17-12-19(29)21(13-18(17)28)32-27-31-20-6-3-4-8-23(20)37-27/h3-4,6,8,12-14,22,25H,5,7,9-11H2,1-2H3,(H,31,32)/t22-,25?/m0/s1. The summed E-state index contributed by atoms with van der Waals surface area (Å²) in [6.07, 6.45) is 3.40. The number of carbonyl (C=O) groups is 2. The molecule has 1 unspecified atom stereocenters. The second kappa shape index (κ2) is 12.0. The van der Waals surface area contributed by atoms with Crippen LogP contribution in [0.2, 0.25) is 10.0 Å². The van der Waals surface area contributed by atoms with Gasteiger partial charge in [0.2, 0.25) is 0 Å². The average molecular weight is 590 g/mol. The third kappa shape index (κ3) is 6.26. The van der Waals surface area contributed by atoms with Gasteiger partial charge in [-0.3, -0.25) is 14.4 Å². The molecule has 0 bridgehead atoms. The lowest BCUT2D eigenvalue weighted by Crippen LogP contribution is -2.29. The van der Waals surface area contributed by atoms with Crippen molar-refractivity contribution in [1.82, 2.24) is 15.0 Å². The van der Waals surface area contributed by atoms with E-state index in [-0.39, 0.29) is 23.8 Å². The van der Waals surface area contributed by atoms with E-state index >= 15 is 0 Å². The predicted molar refractivity (Wildman–Crippen MR) is 149 cm³/mol. The van der Waals surface area contributed by atoms with Gasteiger partial charge in [0.1, 0.15) is 10.5 Å². The number of nitrogens with one attached hydrogen (secondary N) is 1. The summed E-state index contributed by atoms with van der Waals surface area (Å²) in [4.78, 5) is 40.5. The lowest BCUT2D eigenvalue weighted by molar-refractivity contribution is -0.209. The fourth-order valence-corrected chi connectivity index (χ4v) is 5.96. The highest BCUT2D eigenvalue weighted by molar-refractivity contribution is 7.11. The van der Waals surface area contributed by atoms with E-state index < -0.39 is 6.10 Å². The molecule has 1 aliphatic heterocycles. The zero-order chi connectivity index (χ0) is 27.5. The maximum Gasteiger partial charge on any atom is 0.305 e. The molecule has 9 nitrogen and oxygen atoms in total. The van der Waals surface area contributed by atoms with Gasteiger partial charge < -0.3 is 14.5 Å². The van der Waals surface area contributed by atoms with Gasteiger partial charge in [0.05, 0.1) is 30.3 Å². The average Bonchev–Trinajstić information content (AvgIpc) is 3.66. The molecule has 2 aromatic heterocycles. The molecule has 0 amide bonds. The number of ether oxygens (including phenoxy) is 1. The number of hydrogen-bond donors (Lipinski definition) is 1. The van der Waals surface area contributed by atoms with Crippen LogP contribution in [0.1, 0.15) is 53.8 Å². The Morgan fingerprint density at radius 3 is 2.85 bits per heavy atom. The number of esters is 1. The fraction of sp³-hybridized carbons (Fsp3) is 0.333. The first-order valence-corrected chi connectivity index (χ1v) is 14.0. The summed E-state index contributed by atoms with van der Waals surface area (Å²) < 4.78 is 10.4. The largest absolute Gasteiger partial charge is 0.469 e. The van der Waals surface area contributed by atoms with Crippen LogP contribution in [0.25, 0.3) is 11.1 Å². The molecule has 4 aromatic rings. The van der Waals surface area contributed by atoms with Crippen molar-refractivity contribution in [2.24, 2.45) is 0 Å². The van der Waals surface area contributed by atoms with Crippen LogP contribution < -0.4 is 5.32 Å². The van der Waals surface area contributed by atoms with Crippen molar-refractivity contribution in [1.29, 1.82) is 0 Å². The van der Waals surface area contributed by atoms with Crippen molar-refractivity contribution in [3.63, 3.8) is 0 Å². The number of ketones is 1. The Bertz CT molecular complexity index is 1470. The number of rotatable bonds is 10. The smallest absolute Gasteiger partial charge is 0.305 e. The second-order valence-corrected chi connectivity index (χ2v) is 11.1. The number of methoxy groups -OCH3 is 1. The number of hydrogen-bond acceptors (Lipinski definition) is 10. The SMILES string of the molecule is COC(=O)CCc1cnc([C@@H]2CCCN2OC(C(C)=O)c2cc(Cl)c(Nc3nc4ccccc4o3)cc2Cl)s1. The number of fused-ring (bicyclic) bond motifs is 1. The lowest BCUT2D eigenvalue weighted by atomic mass is 10.1. The quantitative estimate of drug-likeness (QED) is 0.199. The summed E-state index contributed by atoms with van der Waals surface area (Å²) in [6.45, 7) is 2.09. The van der Waals surface area contributed by atoms with E-state index in [4.69, 9.17) is 37.2 Å². The highest BCUT2D eigenvalue weighted by Gasteiger charge is 2.34. The van der Waals surface area contributed by atoms with Crippen molar-refractivity contribution in [2.75, 3.05) is 19.0 Å².